The topological polar surface area (TPSA) is 34.1 Å². The lowest BCUT2D eigenvalue weighted by Gasteiger charge is -2.29. The lowest BCUT2D eigenvalue weighted by atomic mass is 9.74. The molecule has 0 N–H and O–H groups in total. The summed E-state index contributed by atoms with van der Waals surface area (Å²) >= 11 is 0. The van der Waals surface area contributed by atoms with Gasteiger partial charge in [0.15, 0.2) is 0 Å². The number of Topliss-reactive ketones (excluding diaryl/α,β-unsaturated/α-hetero) is 2. The van der Waals surface area contributed by atoms with Gasteiger partial charge in [-0.1, -0.05) is 27.7 Å². The zero-order valence-corrected chi connectivity index (χ0v) is 11.7. The number of carbonyl (C=O) groups is 2. The molecular weight excluding hydrogens is 212 g/mol. The summed E-state index contributed by atoms with van der Waals surface area (Å²) in [5.74, 6) is 1.58. The molecule has 0 amide bonds. The van der Waals surface area contributed by atoms with Crippen molar-refractivity contribution in [3.63, 3.8) is 0 Å². The van der Waals surface area contributed by atoms with Crippen molar-refractivity contribution in [1.29, 1.82) is 0 Å². The van der Waals surface area contributed by atoms with Crippen LogP contribution in [0.2, 0.25) is 0 Å². The molecule has 0 aromatic heterocycles. The fraction of sp³-hybridized carbons (Fsp3) is 0.867. The molecule has 2 heteroatoms. The summed E-state index contributed by atoms with van der Waals surface area (Å²) < 4.78 is 0. The molecule has 0 heterocycles. The molecule has 0 saturated heterocycles. The molecule has 1 aliphatic rings. The fourth-order valence-electron chi connectivity index (χ4n) is 2.74. The second-order valence-corrected chi connectivity index (χ2v) is 5.82. The van der Waals surface area contributed by atoms with Crippen molar-refractivity contribution in [3.05, 3.63) is 0 Å². The molecule has 0 spiro atoms. The Balaban J connectivity index is 2.46. The predicted octanol–water partition coefficient (Wildman–Crippen LogP) is 3.63. The highest BCUT2D eigenvalue weighted by Gasteiger charge is 2.31. The normalized spacial score (nSPS) is 26.9. The van der Waals surface area contributed by atoms with E-state index in [1.165, 1.54) is 0 Å². The number of hydrogen-bond acceptors (Lipinski definition) is 2. The highest BCUT2D eigenvalue weighted by molar-refractivity contribution is 5.85. The van der Waals surface area contributed by atoms with Gasteiger partial charge in [-0.3, -0.25) is 9.59 Å². The highest BCUT2D eigenvalue weighted by atomic mass is 16.1. The Bertz CT molecular complexity index is 273. The molecule has 1 unspecified atom stereocenters. The van der Waals surface area contributed by atoms with Gasteiger partial charge < -0.3 is 0 Å². The van der Waals surface area contributed by atoms with Gasteiger partial charge in [0.05, 0.1) is 0 Å². The van der Waals surface area contributed by atoms with Gasteiger partial charge in [-0.25, -0.2) is 0 Å². The minimum atomic E-state index is 0.141. The van der Waals surface area contributed by atoms with Crippen LogP contribution in [0, 0.1) is 23.7 Å². The van der Waals surface area contributed by atoms with Crippen LogP contribution in [0.15, 0.2) is 0 Å². The average Bonchev–Trinajstić information content (AvgIpc) is 2.36. The van der Waals surface area contributed by atoms with Gasteiger partial charge in [-0.05, 0) is 32.1 Å². The molecule has 0 aromatic rings. The maximum atomic E-state index is 12.1. The van der Waals surface area contributed by atoms with E-state index in [-0.39, 0.29) is 23.7 Å². The van der Waals surface area contributed by atoms with Crippen molar-refractivity contribution in [2.75, 3.05) is 0 Å². The standard InChI is InChI=1S/C15H26O2/c1-5-11(4)15(17)13-8-6-12(7-9-13)14(16)10(2)3/h10-13H,5-9H2,1-4H3. The van der Waals surface area contributed by atoms with E-state index in [0.29, 0.717) is 11.6 Å². The molecule has 17 heavy (non-hydrogen) atoms. The van der Waals surface area contributed by atoms with E-state index in [2.05, 4.69) is 6.92 Å². The van der Waals surface area contributed by atoms with E-state index in [4.69, 9.17) is 0 Å². The summed E-state index contributed by atoms with van der Waals surface area (Å²) in [5.41, 5.74) is 0. The number of rotatable bonds is 5. The van der Waals surface area contributed by atoms with Crippen molar-refractivity contribution in [1.82, 2.24) is 0 Å². The first kappa shape index (κ1) is 14.4. The van der Waals surface area contributed by atoms with Crippen LogP contribution >= 0.6 is 0 Å². The largest absolute Gasteiger partial charge is 0.299 e. The summed E-state index contributed by atoms with van der Waals surface area (Å²) in [4.78, 5) is 23.9. The Hall–Kier alpha value is -0.660. The van der Waals surface area contributed by atoms with E-state index in [9.17, 15) is 9.59 Å². The molecule has 1 fully saturated rings. The second-order valence-electron chi connectivity index (χ2n) is 5.82. The van der Waals surface area contributed by atoms with Crippen LogP contribution in [-0.4, -0.2) is 11.6 Å². The van der Waals surface area contributed by atoms with Crippen molar-refractivity contribution >= 4 is 11.6 Å². The van der Waals surface area contributed by atoms with E-state index >= 15 is 0 Å². The van der Waals surface area contributed by atoms with Gasteiger partial charge >= 0.3 is 0 Å². The predicted molar refractivity (Wildman–Crippen MR) is 69.8 cm³/mol. The molecule has 1 saturated carbocycles. The third kappa shape index (κ3) is 3.65. The maximum Gasteiger partial charge on any atom is 0.138 e. The van der Waals surface area contributed by atoms with Crippen molar-refractivity contribution in [2.24, 2.45) is 23.7 Å². The third-order valence-electron chi connectivity index (χ3n) is 4.20. The molecule has 1 atom stereocenters. The van der Waals surface area contributed by atoms with Gasteiger partial charge in [0.2, 0.25) is 0 Å². The molecule has 2 nitrogen and oxygen atoms in total. The fourth-order valence-corrected chi connectivity index (χ4v) is 2.74. The van der Waals surface area contributed by atoms with Gasteiger partial charge in [-0.15, -0.1) is 0 Å². The second kappa shape index (κ2) is 6.32. The van der Waals surface area contributed by atoms with Crippen molar-refractivity contribution in [2.45, 2.75) is 59.8 Å². The summed E-state index contributed by atoms with van der Waals surface area (Å²) in [6, 6.07) is 0. The van der Waals surface area contributed by atoms with Crippen molar-refractivity contribution in [3.8, 4) is 0 Å². The first-order valence-electron chi connectivity index (χ1n) is 7.04. The maximum absolute atomic E-state index is 12.1. The van der Waals surface area contributed by atoms with Gasteiger partial charge in [0, 0.05) is 23.7 Å². The summed E-state index contributed by atoms with van der Waals surface area (Å²) in [7, 11) is 0. The van der Waals surface area contributed by atoms with E-state index in [0.717, 1.165) is 32.1 Å². The number of hydrogen-bond donors (Lipinski definition) is 0. The molecule has 1 rings (SSSR count). The summed E-state index contributed by atoms with van der Waals surface area (Å²) in [5, 5.41) is 0. The first-order valence-corrected chi connectivity index (χ1v) is 7.04. The number of carbonyl (C=O) groups excluding carboxylic acids is 2. The van der Waals surface area contributed by atoms with Gasteiger partial charge in [0.1, 0.15) is 11.6 Å². The molecule has 1 aliphatic carbocycles. The zero-order valence-electron chi connectivity index (χ0n) is 11.7. The van der Waals surface area contributed by atoms with Crippen molar-refractivity contribution < 1.29 is 9.59 Å². The zero-order chi connectivity index (χ0) is 13.0. The lowest BCUT2D eigenvalue weighted by Crippen LogP contribution is -2.30. The van der Waals surface area contributed by atoms with Crippen LogP contribution in [0.25, 0.3) is 0 Å². The minimum absolute atomic E-state index is 0.141. The Morgan fingerprint density at radius 2 is 1.35 bits per heavy atom. The van der Waals surface area contributed by atoms with Crippen LogP contribution in [-0.2, 0) is 9.59 Å². The Morgan fingerprint density at radius 3 is 1.71 bits per heavy atom. The van der Waals surface area contributed by atoms with E-state index < -0.39 is 0 Å². The molecule has 0 radical (unpaired) electrons. The minimum Gasteiger partial charge on any atom is -0.299 e. The van der Waals surface area contributed by atoms with Gasteiger partial charge in [0.25, 0.3) is 0 Å². The van der Waals surface area contributed by atoms with Crippen LogP contribution < -0.4 is 0 Å². The number of ketones is 2. The van der Waals surface area contributed by atoms with Crippen LogP contribution in [0.3, 0.4) is 0 Å². The Kier molecular flexibility index (Phi) is 5.35. The average molecular weight is 238 g/mol. The van der Waals surface area contributed by atoms with E-state index in [1.807, 2.05) is 20.8 Å². The molecule has 98 valence electrons. The van der Waals surface area contributed by atoms with Crippen LogP contribution in [0.4, 0.5) is 0 Å². The summed E-state index contributed by atoms with van der Waals surface area (Å²) in [6.45, 7) is 8.03. The SMILES string of the molecule is CCC(C)C(=O)C1CCC(C(=O)C(C)C)CC1. The molecular formula is C15H26O2. The Morgan fingerprint density at radius 1 is 0.941 bits per heavy atom. The molecule has 0 aliphatic heterocycles. The van der Waals surface area contributed by atoms with Crippen LogP contribution in [0.5, 0.6) is 0 Å². The smallest absolute Gasteiger partial charge is 0.138 e. The first-order chi connectivity index (χ1) is 7.97. The third-order valence-corrected chi connectivity index (χ3v) is 4.20. The van der Waals surface area contributed by atoms with Crippen LogP contribution in [0.1, 0.15) is 59.8 Å². The summed E-state index contributed by atoms with van der Waals surface area (Å²) in [6.07, 6.45) is 4.62. The monoisotopic (exact) mass is 238 g/mol. The molecule has 0 aromatic carbocycles. The van der Waals surface area contributed by atoms with E-state index in [1.54, 1.807) is 0 Å². The molecule has 0 bridgehead atoms. The lowest BCUT2D eigenvalue weighted by molar-refractivity contribution is -0.131. The Labute approximate surface area is 105 Å². The van der Waals surface area contributed by atoms with Gasteiger partial charge in [-0.2, -0.15) is 0 Å². The quantitative estimate of drug-likeness (QED) is 0.733. The highest BCUT2D eigenvalue weighted by Crippen LogP contribution is 2.33.